The molecule has 2 aromatic heterocycles. The summed E-state index contributed by atoms with van der Waals surface area (Å²) >= 11 is 5.80. The highest BCUT2D eigenvalue weighted by atomic mass is 35.5. The number of H-pyrrole nitrogens is 1. The third kappa shape index (κ3) is 2.06. The van der Waals surface area contributed by atoms with Crippen LogP contribution in [0.5, 0.6) is 0 Å². The number of nitrogens with zero attached hydrogens (tertiary/aromatic N) is 3. The maximum Gasteiger partial charge on any atom is 0.337 e. The second kappa shape index (κ2) is 4.39. The molecule has 0 saturated carbocycles. The molecule has 0 bridgehead atoms. The Kier molecular flexibility index (Phi) is 3.03. The second-order valence-corrected chi connectivity index (χ2v) is 4.23. The van der Waals surface area contributed by atoms with E-state index >= 15 is 0 Å². The van der Waals surface area contributed by atoms with Crippen molar-refractivity contribution in [2.75, 3.05) is 0 Å². The molecule has 0 spiro atoms. The summed E-state index contributed by atoms with van der Waals surface area (Å²) in [6, 6.07) is 2.05. The van der Waals surface area contributed by atoms with E-state index < -0.39 is 22.5 Å². The molecule has 1 N–H and O–H groups in total. The highest BCUT2D eigenvalue weighted by molar-refractivity contribution is 6.29. The molecule has 0 aromatic carbocycles. The maximum absolute atomic E-state index is 11.9. The lowest BCUT2D eigenvalue weighted by molar-refractivity contribution is 0.701. The predicted octanol–water partition coefficient (Wildman–Crippen LogP) is -1.42. The van der Waals surface area contributed by atoms with Gasteiger partial charge in [-0.25, -0.2) is 14.2 Å². The van der Waals surface area contributed by atoms with Crippen LogP contribution >= 0.6 is 11.6 Å². The van der Waals surface area contributed by atoms with E-state index in [1.807, 2.05) is 0 Å². The van der Waals surface area contributed by atoms with E-state index in [-0.39, 0.29) is 11.0 Å². The van der Waals surface area contributed by atoms with Gasteiger partial charge in [-0.3, -0.25) is 23.7 Å². The van der Waals surface area contributed by atoms with Gasteiger partial charge in [0.2, 0.25) is 0 Å². The highest BCUT2D eigenvalue weighted by Crippen LogP contribution is 2.06. The number of halogens is 1. The fraction of sp³-hybridized carbons (Fsp3) is 0.200. The molecule has 0 radical (unpaired) electrons. The molecule has 2 aromatic rings. The number of aromatic nitrogens is 4. The van der Waals surface area contributed by atoms with Crippen molar-refractivity contribution in [1.82, 2.24) is 18.7 Å². The van der Waals surface area contributed by atoms with Crippen molar-refractivity contribution >= 4 is 11.6 Å². The standard InChI is InChI=1S/C10H9ClN4O4/c1-13-8(17)4-6(12-9(13)18)15-5(11)3-7(16)14(2)10(15)19/h3-4H,1-2H3,(H,12,18). The average Bonchev–Trinajstić information content (AvgIpc) is 2.33. The summed E-state index contributed by atoms with van der Waals surface area (Å²) in [6.07, 6.45) is 0. The zero-order valence-electron chi connectivity index (χ0n) is 10.0. The predicted molar refractivity (Wildman–Crippen MR) is 68.2 cm³/mol. The quantitative estimate of drug-likeness (QED) is 0.650. The first kappa shape index (κ1) is 13.1. The van der Waals surface area contributed by atoms with Gasteiger partial charge in [-0.05, 0) is 0 Å². The summed E-state index contributed by atoms with van der Waals surface area (Å²) in [4.78, 5) is 48.6. The molecule has 9 heteroatoms. The van der Waals surface area contributed by atoms with E-state index in [9.17, 15) is 19.2 Å². The first-order chi connectivity index (χ1) is 8.82. The Hall–Kier alpha value is -2.35. The van der Waals surface area contributed by atoms with Gasteiger partial charge in [0.25, 0.3) is 11.1 Å². The van der Waals surface area contributed by atoms with Gasteiger partial charge in [0, 0.05) is 26.2 Å². The monoisotopic (exact) mass is 284 g/mol. The molecule has 19 heavy (non-hydrogen) atoms. The van der Waals surface area contributed by atoms with Crippen LogP contribution < -0.4 is 22.5 Å². The molecule has 0 aliphatic rings. The van der Waals surface area contributed by atoms with Crippen LogP contribution in [0.2, 0.25) is 5.15 Å². The lowest BCUT2D eigenvalue weighted by Crippen LogP contribution is -2.40. The minimum atomic E-state index is -0.763. The van der Waals surface area contributed by atoms with Gasteiger partial charge in [0.05, 0.1) is 0 Å². The van der Waals surface area contributed by atoms with Gasteiger partial charge in [0.1, 0.15) is 11.0 Å². The van der Waals surface area contributed by atoms with Crippen LogP contribution in [0.15, 0.2) is 31.3 Å². The Morgan fingerprint density at radius 1 is 1.00 bits per heavy atom. The summed E-state index contributed by atoms with van der Waals surface area (Å²) in [6.45, 7) is 0. The van der Waals surface area contributed by atoms with E-state index in [0.717, 1.165) is 25.8 Å². The normalized spacial score (nSPS) is 10.7. The fourth-order valence-corrected chi connectivity index (χ4v) is 1.74. The third-order valence-corrected chi connectivity index (χ3v) is 2.91. The minimum Gasteiger partial charge on any atom is -0.293 e. The van der Waals surface area contributed by atoms with Crippen molar-refractivity contribution in [3.8, 4) is 5.82 Å². The zero-order valence-corrected chi connectivity index (χ0v) is 10.8. The first-order valence-electron chi connectivity index (χ1n) is 5.12. The van der Waals surface area contributed by atoms with E-state index in [4.69, 9.17) is 11.6 Å². The fourth-order valence-electron chi connectivity index (χ4n) is 1.48. The smallest absolute Gasteiger partial charge is 0.293 e. The number of hydrogen-bond acceptors (Lipinski definition) is 4. The van der Waals surface area contributed by atoms with Crippen molar-refractivity contribution in [2.45, 2.75) is 0 Å². The van der Waals surface area contributed by atoms with Crippen molar-refractivity contribution in [1.29, 1.82) is 0 Å². The van der Waals surface area contributed by atoms with Crippen molar-refractivity contribution in [3.63, 3.8) is 0 Å². The van der Waals surface area contributed by atoms with Crippen molar-refractivity contribution < 1.29 is 0 Å². The Bertz CT molecular complexity index is 855. The molecule has 8 nitrogen and oxygen atoms in total. The molecule has 0 fully saturated rings. The molecule has 0 aliphatic carbocycles. The van der Waals surface area contributed by atoms with Gasteiger partial charge >= 0.3 is 11.4 Å². The van der Waals surface area contributed by atoms with Crippen LogP contribution in [-0.4, -0.2) is 18.7 Å². The lowest BCUT2D eigenvalue weighted by atomic mass is 10.5. The van der Waals surface area contributed by atoms with E-state index in [0.29, 0.717) is 0 Å². The van der Waals surface area contributed by atoms with Gasteiger partial charge in [-0.15, -0.1) is 0 Å². The molecule has 2 heterocycles. The Morgan fingerprint density at radius 2 is 1.58 bits per heavy atom. The largest absolute Gasteiger partial charge is 0.337 e. The van der Waals surface area contributed by atoms with Crippen LogP contribution in [0.3, 0.4) is 0 Å². The van der Waals surface area contributed by atoms with Gasteiger partial charge < -0.3 is 0 Å². The van der Waals surface area contributed by atoms with Crippen molar-refractivity contribution in [2.24, 2.45) is 14.1 Å². The summed E-state index contributed by atoms with van der Waals surface area (Å²) in [5.74, 6) is -0.0984. The summed E-state index contributed by atoms with van der Waals surface area (Å²) in [5.41, 5.74) is -2.64. The topological polar surface area (TPSA) is 98.9 Å². The van der Waals surface area contributed by atoms with Gasteiger partial charge in [0.15, 0.2) is 0 Å². The van der Waals surface area contributed by atoms with E-state index in [2.05, 4.69) is 4.98 Å². The molecule has 2 rings (SSSR count). The van der Waals surface area contributed by atoms with Gasteiger partial charge in [-0.1, -0.05) is 11.6 Å². The summed E-state index contributed by atoms with van der Waals surface area (Å²) in [5, 5.41) is -0.197. The Balaban J connectivity index is 2.92. The minimum absolute atomic E-state index is 0.0984. The summed E-state index contributed by atoms with van der Waals surface area (Å²) in [7, 11) is 2.55. The first-order valence-corrected chi connectivity index (χ1v) is 5.50. The number of hydrogen-bond donors (Lipinski definition) is 1. The number of rotatable bonds is 1. The zero-order chi connectivity index (χ0) is 14.3. The van der Waals surface area contributed by atoms with Crippen LogP contribution in [0.4, 0.5) is 0 Å². The SMILES string of the molecule is Cn1c(=O)cc(-n2c(Cl)cc(=O)n(C)c2=O)[nH]c1=O. The molecule has 0 aliphatic heterocycles. The molecule has 0 amide bonds. The van der Waals surface area contributed by atoms with Crippen LogP contribution in [0.25, 0.3) is 5.82 Å². The number of aromatic amines is 1. The second-order valence-electron chi connectivity index (χ2n) is 3.84. The van der Waals surface area contributed by atoms with Crippen LogP contribution in [0, 0.1) is 0 Å². The Morgan fingerprint density at radius 3 is 2.16 bits per heavy atom. The molecular formula is C10H9ClN4O4. The molecular weight excluding hydrogens is 276 g/mol. The summed E-state index contributed by atoms with van der Waals surface area (Å²) < 4.78 is 2.51. The van der Waals surface area contributed by atoms with Crippen LogP contribution in [-0.2, 0) is 14.1 Å². The molecule has 0 atom stereocenters. The maximum atomic E-state index is 11.9. The van der Waals surface area contributed by atoms with E-state index in [1.165, 1.54) is 14.1 Å². The van der Waals surface area contributed by atoms with Gasteiger partial charge in [-0.2, -0.15) is 0 Å². The Labute approximate surface area is 110 Å². The molecule has 100 valence electrons. The third-order valence-electron chi connectivity index (χ3n) is 2.64. The molecule has 0 unspecified atom stereocenters. The van der Waals surface area contributed by atoms with E-state index in [1.54, 1.807) is 0 Å². The lowest BCUT2D eigenvalue weighted by Gasteiger charge is -2.09. The average molecular weight is 285 g/mol. The van der Waals surface area contributed by atoms with Crippen molar-refractivity contribution in [3.05, 3.63) is 59.0 Å². The number of nitrogens with one attached hydrogen (secondary N) is 1. The van der Waals surface area contributed by atoms with Crippen LogP contribution in [0.1, 0.15) is 0 Å². The highest BCUT2D eigenvalue weighted by Gasteiger charge is 2.11. The molecule has 0 saturated heterocycles.